The highest BCUT2D eigenvalue weighted by Crippen LogP contribution is 2.12. The van der Waals surface area contributed by atoms with Crippen LogP contribution in [-0.4, -0.2) is 20.9 Å². The zero-order chi connectivity index (χ0) is 16.2. The van der Waals surface area contributed by atoms with Crippen molar-refractivity contribution in [3.63, 3.8) is 0 Å². The third kappa shape index (κ3) is 3.40. The van der Waals surface area contributed by atoms with Gasteiger partial charge in [-0.05, 0) is 36.8 Å². The number of halogens is 1. The van der Waals surface area contributed by atoms with Crippen LogP contribution < -0.4 is 5.32 Å². The fourth-order valence-corrected chi connectivity index (χ4v) is 2.35. The molecule has 0 atom stereocenters. The quantitative estimate of drug-likeness (QED) is 0.801. The van der Waals surface area contributed by atoms with Crippen molar-refractivity contribution in [2.75, 3.05) is 0 Å². The van der Waals surface area contributed by atoms with E-state index in [1.165, 1.54) is 0 Å². The smallest absolute Gasteiger partial charge is 0.274 e. The highest BCUT2D eigenvalue weighted by Gasteiger charge is 2.16. The molecule has 0 aliphatic heterocycles. The Balaban J connectivity index is 1.73. The summed E-state index contributed by atoms with van der Waals surface area (Å²) in [6.07, 6.45) is 0. The number of carbonyl (C=O) groups is 1. The summed E-state index contributed by atoms with van der Waals surface area (Å²) in [5.41, 5.74) is 2.86. The van der Waals surface area contributed by atoms with E-state index in [1.54, 1.807) is 16.8 Å². The Hall–Kier alpha value is -2.66. The van der Waals surface area contributed by atoms with Gasteiger partial charge in [-0.25, -0.2) is 4.68 Å². The number of hydrogen-bond acceptors (Lipinski definition) is 3. The summed E-state index contributed by atoms with van der Waals surface area (Å²) in [5, 5.41) is 11.6. The number of hydrogen-bond donors (Lipinski definition) is 1. The topological polar surface area (TPSA) is 59.8 Å². The standard InChI is InChI=1S/C17H15ClN4O/c1-12-16(20-21-22(12)15-5-3-2-4-6-15)17(23)19-11-13-7-9-14(18)10-8-13/h2-10H,11H2,1H3,(H,19,23). The lowest BCUT2D eigenvalue weighted by molar-refractivity contribution is 0.0945. The molecule has 2 aromatic carbocycles. The maximum Gasteiger partial charge on any atom is 0.274 e. The molecule has 23 heavy (non-hydrogen) atoms. The molecule has 1 amide bonds. The molecule has 0 unspecified atom stereocenters. The molecule has 1 aromatic heterocycles. The first-order chi connectivity index (χ1) is 11.1. The van der Waals surface area contributed by atoms with Crippen LogP contribution in [0, 0.1) is 6.92 Å². The fraction of sp³-hybridized carbons (Fsp3) is 0.118. The lowest BCUT2D eigenvalue weighted by Gasteiger charge is -2.05. The molecule has 0 fully saturated rings. The molecule has 1 heterocycles. The van der Waals surface area contributed by atoms with Crippen molar-refractivity contribution in [2.45, 2.75) is 13.5 Å². The molecule has 0 bridgehead atoms. The molecule has 0 spiro atoms. The largest absolute Gasteiger partial charge is 0.347 e. The Morgan fingerprint density at radius 2 is 1.83 bits per heavy atom. The summed E-state index contributed by atoms with van der Waals surface area (Å²) in [5.74, 6) is -0.250. The number of carbonyl (C=O) groups excluding carboxylic acids is 1. The Bertz CT molecular complexity index is 812. The van der Waals surface area contributed by atoms with Gasteiger partial charge in [0.15, 0.2) is 5.69 Å². The maximum absolute atomic E-state index is 12.3. The number of amides is 1. The van der Waals surface area contributed by atoms with Crippen LogP contribution in [0.1, 0.15) is 21.7 Å². The van der Waals surface area contributed by atoms with Crippen LogP contribution in [-0.2, 0) is 6.54 Å². The predicted molar refractivity (Wildman–Crippen MR) is 88.7 cm³/mol. The van der Waals surface area contributed by atoms with Gasteiger partial charge < -0.3 is 5.32 Å². The second kappa shape index (κ2) is 6.62. The molecule has 3 aromatic rings. The normalized spacial score (nSPS) is 10.5. The molecule has 0 saturated heterocycles. The third-order valence-electron chi connectivity index (χ3n) is 3.48. The van der Waals surface area contributed by atoms with Gasteiger partial charge in [0.2, 0.25) is 0 Å². The molecule has 6 heteroatoms. The molecule has 5 nitrogen and oxygen atoms in total. The van der Waals surface area contributed by atoms with E-state index in [1.807, 2.05) is 49.4 Å². The van der Waals surface area contributed by atoms with Gasteiger partial charge in [-0.3, -0.25) is 4.79 Å². The summed E-state index contributed by atoms with van der Waals surface area (Å²) in [4.78, 5) is 12.3. The zero-order valence-corrected chi connectivity index (χ0v) is 13.3. The Morgan fingerprint density at radius 1 is 1.13 bits per heavy atom. The number of aromatic nitrogens is 3. The van der Waals surface area contributed by atoms with Gasteiger partial charge in [0, 0.05) is 11.6 Å². The monoisotopic (exact) mass is 326 g/mol. The van der Waals surface area contributed by atoms with Gasteiger partial charge in [0.25, 0.3) is 5.91 Å². The highest BCUT2D eigenvalue weighted by molar-refractivity contribution is 6.30. The summed E-state index contributed by atoms with van der Waals surface area (Å²) in [6.45, 7) is 2.23. The number of rotatable bonds is 4. The Labute approximate surface area is 138 Å². The van der Waals surface area contributed by atoms with Gasteiger partial charge in [0.1, 0.15) is 0 Å². The number of nitrogens with zero attached hydrogens (tertiary/aromatic N) is 3. The van der Waals surface area contributed by atoms with Crippen LogP contribution in [0.3, 0.4) is 0 Å². The van der Waals surface area contributed by atoms with Crippen molar-refractivity contribution >= 4 is 17.5 Å². The van der Waals surface area contributed by atoms with Gasteiger partial charge >= 0.3 is 0 Å². The van der Waals surface area contributed by atoms with Crippen LogP contribution >= 0.6 is 11.6 Å². The Morgan fingerprint density at radius 3 is 2.52 bits per heavy atom. The number of nitrogens with one attached hydrogen (secondary N) is 1. The third-order valence-corrected chi connectivity index (χ3v) is 3.73. The van der Waals surface area contributed by atoms with E-state index in [9.17, 15) is 4.79 Å². The van der Waals surface area contributed by atoms with Crippen LogP contribution in [0.4, 0.5) is 0 Å². The number of benzene rings is 2. The average Bonchev–Trinajstić information content (AvgIpc) is 2.96. The second-order valence-corrected chi connectivity index (χ2v) is 5.52. The first-order valence-corrected chi connectivity index (χ1v) is 7.53. The van der Waals surface area contributed by atoms with Crippen LogP contribution in [0.2, 0.25) is 5.02 Å². The SMILES string of the molecule is Cc1c(C(=O)NCc2ccc(Cl)cc2)nnn1-c1ccccc1. The first kappa shape index (κ1) is 15.2. The second-order valence-electron chi connectivity index (χ2n) is 5.08. The van der Waals surface area contributed by atoms with Crippen molar-refractivity contribution in [2.24, 2.45) is 0 Å². The van der Waals surface area contributed by atoms with Crippen LogP contribution in [0.25, 0.3) is 5.69 Å². The summed E-state index contributed by atoms with van der Waals surface area (Å²) < 4.78 is 1.65. The van der Waals surface area contributed by atoms with Crippen molar-refractivity contribution in [1.82, 2.24) is 20.3 Å². The van der Waals surface area contributed by atoms with Gasteiger partial charge in [-0.15, -0.1) is 5.10 Å². The summed E-state index contributed by atoms with van der Waals surface area (Å²) in [6, 6.07) is 16.9. The van der Waals surface area contributed by atoms with Gasteiger partial charge in [-0.2, -0.15) is 0 Å². The minimum atomic E-state index is -0.250. The highest BCUT2D eigenvalue weighted by atomic mass is 35.5. The minimum absolute atomic E-state index is 0.250. The van der Waals surface area contributed by atoms with E-state index in [-0.39, 0.29) is 5.91 Å². The van der Waals surface area contributed by atoms with Gasteiger partial charge in [0.05, 0.1) is 11.4 Å². The Kier molecular flexibility index (Phi) is 4.39. The van der Waals surface area contributed by atoms with Crippen molar-refractivity contribution in [3.8, 4) is 5.69 Å². The van der Waals surface area contributed by atoms with E-state index < -0.39 is 0 Å². The predicted octanol–water partition coefficient (Wildman–Crippen LogP) is 3.16. The van der Waals surface area contributed by atoms with Crippen LogP contribution in [0.15, 0.2) is 54.6 Å². The van der Waals surface area contributed by atoms with E-state index in [0.29, 0.717) is 23.0 Å². The molecule has 1 N–H and O–H groups in total. The van der Waals surface area contributed by atoms with Crippen molar-refractivity contribution in [1.29, 1.82) is 0 Å². The van der Waals surface area contributed by atoms with E-state index in [4.69, 9.17) is 11.6 Å². The van der Waals surface area contributed by atoms with E-state index in [2.05, 4.69) is 15.6 Å². The lowest BCUT2D eigenvalue weighted by atomic mass is 10.2. The van der Waals surface area contributed by atoms with Crippen LogP contribution in [0.5, 0.6) is 0 Å². The average molecular weight is 327 g/mol. The molecule has 3 rings (SSSR count). The molecule has 0 saturated carbocycles. The van der Waals surface area contributed by atoms with E-state index >= 15 is 0 Å². The summed E-state index contributed by atoms with van der Waals surface area (Å²) in [7, 11) is 0. The minimum Gasteiger partial charge on any atom is -0.347 e. The fourth-order valence-electron chi connectivity index (χ4n) is 2.22. The van der Waals surface area contributed by atoms with Gasteiger partial charge in [-0.1, -0.05) is 47.1 Å². The molecule has 116 valence electrons. The zero-order valence-electron chi connectivity index (χ0n) is 12.5. The summed E-state index contributed by atoms with van der Waals surface area (Å²) >= 11 is 5.84. The molecule has 0 radical (unpaired) electrons. The molecular weight excluding hydrogens is 312 g/mol. The number of para-hydroxylation sites is 1. The van der Waals surface area contributed by atoms with Crippen molar-refractivity contribution in [3.05, 3.63) is 76.6 Å². The van der Waals surface area contributed by atoms with Crippen molar-refractivity contribution < 1.29 is 4.79 Å². The maximum atomic E-state index is 12.3. The first-order valence-electron chi connectivity index (χ1n) is 7.15. The molecule has 0 aliphatic carbocycles. The lowest BCUT2D eigenvalue weighted by Crippen LogP contribution is -2.24. The molecular formula is C17H15ClN4O. The van der Waals surface area contributed by atoms with E-state index in [0.717, 1.165) is 11.3 Å². The molecule has 0 aliphatic rings.